The van der Waals surface area contributed by atoms with Crippen molar-refractivity contribution in [3.63, 3.8) is 0 Å². The molecule has 0 aliphatic carbocycles. The quantitative estimate of drug-likeness (QED) is 0.633. The number of methoxy groups -OCH3 is 1. The van der Waals surface area contributed by atoms with Gasteiger partial charge in [-0.15, -0.1) is 11.6 Å². The van der Waals surface area contributed by atoms with Gasteiger partial charge in [0.15, 0.2) is 0 Å². The summed E-state index contributed by atoms with van der Waals surface area (Å²) in [6, 6.07) is 4.32. The van der Waals surface area contributed by atoms with Crippen molar-refractivity contribution in [2.75, 3.05) is 7.11 Å². The second-order valence-corrected chi connectivity index (χ2v) is 4.04. The fourth-order valence-electron chi connectivity index (χ4n) is 1.80. The van der Waals surface area contributed by atoms with E-state index in [0.29, 0.717) is 23.4 Å². The average Bonchev–Trinajstić information content (AvgIpc) is 2.73. The Balaban J connectivity index is 2.39. The van der Waals surface area contributed by atoms with Crippen molar-refractivity contribution < 1.29 is 13.9 Å². The summed E-state index contributed by atoms with van der Waals surface area (Å²) in [7, 11) is 1.33. The van der Waals surface area contributed by atoms with Gasteiger partial charge in [0.05, 0.1) is 30.4 Å². The fourth-order valence-corrected chi connectivity index (χ4v) is 2.01. The average molecular weight is 271 g/mol. The molecule has 1 aromatic heterocycles. The molecule has 0 saturated carbocycles. The summed E-state index contributed by atoms with van der Waals surface area (Å²) in [5, 5.41) is 0. The number of imidazole rings is 1. The van der Waals surface area contributed by atoms with Gasteiger partial charge in [-0.1, -0.05) is 0 Å². The van der Waals surface area contributed by atoms with Crippen LogP contribution in [0.25, 0.3) is 11.0 Å². The second kappa shape index (κ2) is 5.35. The molecule has 18 heavy (non-hydrogen) atoms. The van der Waals surface area contributed by atoms with Crippen molar-refractivity contribution in [1.29, 1.82) is 0 Å². The van der Waals surface area contributed by atoms with Crippen LogP contribution in [0, 0.1) is 5.82 Å². The van der Waals surface area contributed by atoms with Crippen molar-refractivity contribution in [2.24, 2.45) is 0 Å². The molecule has 0 spiro atoms. The van der Waals surface area contributed by atoms with Crippen LogP contribution in [0.1, 0.15) is 12.2 Å². The first-order valence-corrected chi connectivity index (χ1v) is 5.96. The van der Waals surface area contributed by atoms with Gasteiger partial charge in [-0.3, -0.25) is 4.79 Å². The summed E-state index contributed by atoms with van der Waals surface area (Å²) < 4.78 is 19.5. The first kappa shape index (κ1) is 12.8. The summed E-state index contributed by atoms with van der Waals surface area (Å²) in [5.41, 5.74) is 1.30. The molecule has 0 bridgehead atoms. The minimum Gasteiger partial charge on any atom is -0.469 e. The molecule has 1 aromatic carbocycles. The molecule has 0 aliphatic rings. The van der Waals surface area contributed by atoms with Gasteiger partial charge in [0, 0.05) is 6.54 Å². The van der Waals surface area contributed by atoms with Gasteiger partial charge in [0.2, 0.25) is 0 Å². The number of fused-ring (bicyclic) bond motifs is 1. The number of esters is 1. The van der Waals surface area contributed by atoms with Gasteiger partial charge in [-0.2, -0.15) is 0 Å². The van der Waals surface area contributed by atoms with E-state index in [1.807, 2.05) is 0 Å². The molecule has 0 aliphatic heterocycles. The third-order valence-corrected chi connectivity index (χ3v) is 2.92. The number of benzene rings is 1. The van der Waals surface area contributed by atoms with Crippen LogP contribution in [-0.2, 0) is 22.0 Å². The van der Waals surface area contributed by atoms with Crippen LogP contribution in [0.4, 0.5) is 4.39 Å². The molecular formula is C12H12ClFN2O2. The molecule has 6 heteroatoms. The number of hydrogen-bond acceptors (Lipinski definition) is 3. The topological polar surface area (TPSA) is 44.1 Å². The normalized spacial score (nSPS) is 10.8. The smallest absolute Gasteiger partial charge is 0.307 e. The van der Waals surface area contributed by atoms with Crippen LogP contribution in [0.2, 0.25) is 0 Å². The van der Waals surface area contributed by atoms with Gasteiger partial charge in [0.25, 0.3) is 0 Å². The number of ether oxygens (including phenoxy) is 1. The lowest BCUT2D eigenvalue weighted by atomic mass is 10.3. The highest BCUT2D eigenvalue weighted by Crippen LogP contribution is 2.19. The van der Waals surface area contributed by atoms with Crippen molar-refractivity contribution in [1.82, 2.24) is 9.55 Å². The molecule has 2 aromatic rings. The zero-order valence-corrected chi connectivity index (χ0v) is 10.6. The van der Waals surface area contributed by atoms with Crippen LogP contribution in [-0.4, -0.2) is 22.6 Å². The summed E-state index contributed by atoms with van der Waals surface area (Å²) in [5.74, 6) is 0.148. The summed E-state index contributed by atoms with van der Waals surface area (Å²) in [4.78, 5) is 15.4. The molecule has 2 rings (SSSR count). The maximum Gasteiger partial charge on any atom is 0.307 e. The summed E-state index contributed by atoms with van der Waals surface area (Å²) >= 11 is 5.80. The standard InChI is InChI=1S/C12H12ClFN2O2/c1-18-12(17)4-5-16-10-6-8(14)2-3-9(10)15-11(16)7-13/h2-3,6H,4-5,7H2,1H3. The Morgan fingerprint density at radius 1 is 1.56 bits per heavy atom. The Kier molecular flexibility index (Phi) is 3.81. The molecule has 4 nitrogen and oxygen atoms in total. The Bertz CT molecular complexity index is 583. The molecule has 0 saturated heterocycles. The number of aromatic nitrogens is 2. The first-order valence-electron chi connectivity index (χ1n) is 5.43. The van der Waals surface area contributed by atoms with Crippen molar-refractivity contribution in [3.05, 3.63) is 29.8 Å². The minimum absolute atomic E-state index is 0.197. The highest BCUT2D eigenvalue weighted by atomic mass is 35.5. The van der Waals surface area contributed by atoms with Gasteiger partial charge in [-0.25, -0.2) is 9.37 Å². The molecule has 0 radical (unpaired) electrons. The van der Waals surface area contributed by atoms with Crippen molar-refractivity contribution in [3.8, 4) is 0 Å². The molecule has 0 amide bonds. The van der Waals surface area contributed by atoms with E-state index in [9.17, 15) is 9.18 Å². The number of carbonyl (C=O) groups is 1. The van der Waals surface area contributed by atoms with Gasteiger partial charge < -0.3 is 9.30 Å². The number of nitrogens with zero attached hydrogens (tertiary/aromatic N) is 2. The van der Waals surface area contributed by atoms with E-state index >= 15 is 0 Å². The van der Waals surface area contributed by atoms with E-state index in [1.165, 1.54) is 19.2 Å². The highest BCUT2D eigenvalue weighted by molar-refractivity contribution is 6.16. The second-order valence-electron chi connectivity index (χ2n) is 3.77. The Morgan fingerprint density at radius 3 is 3.00 bits per heavy atom. The molecule has 96 valence electrons. The van der Waals surface area contributed by atoms with Crippen LogP contribution >= 0.6 is 11.6 Å². The lowest BCUT2D eigenvalue weighted by Crippen LogP contribution is -2.09. The number of aryl methyl sites for hydroxylation is 1. The maximum atomic E-state index is 13.2. The van der Waals surface area contributed by atoms with Gasteiger partial charge in [0.1, 0.15) is 11.6 Å². The van der Waals surface area contributed by atoms with Crippen LogP contribution in [0.5, 0.6) is 0 Å². The Labute approximate surface area is 108 Å². The number of hydrogen-bond donors (Lipinski definition) is 0. The zero-order valence-electron chi connectivity index (χ0n) is 9.82. The lowest BCUT2D eigenvalue weighted by molar-refractivity contribution is -0.140. The van der Waals surface area contributed by atoms with E-state index in [-0.39, 0.29) is 24.1 Å². The van der Waals surface area contributed by atoms with E-state index in [1.54, 1.807) is 10.6 Å². The molecule has 1 heterocycles. The molecule has 0 N–H and O–H groups in total. The van der Waals surface area contributed by atoms with E-state index < -0.39 is 0 Å². The lowest BCUT2D eigenvalue weighted by Gasteiger charge is -2.06. The number of rotatable bonds is 4. The van der Waals surface area contributed by atoms with Gasteiger partial charge >= 0.3 is 5.97 Å². The monoisotopic (exact) mass is 270 g/mol. The third-order valence-electron chi connectivity index (χ3n) is 2.68. The van der Waals surface area contributed by atoms with E-state index in [0.717, 1.165) is 0 Å². The van der Waals surface area contributed by atoms with Crippen LogP contribution in [0.3, 0.4) is 0 Å². The predicted octanol–water partition coefficient (Wildman–Crippen LogP) is 2.48. The molecule has 0 atom stereocenters. The number of halogens is 2. The Hall–Kier alpha value is -1.62. The predicted molar refractivity (Wildman–Crippen MR) is 65.9 cm³/mol. The van der Waals surface area contributed by atoms with Crippen molar-refractivity contribution in [2.45, 2.75) is 18.8 Å². The highest BCUT2D eigenvalue weighted by Gasteiger charge is 2.12. The van der Waals surface area contributed by atoms with E-state index in [4.69, 9.17) is 11.6 Å². The minimum atomic E-state index is -0.345. The third kappa shape index (κ3) is 2.46. The molecule has 0 fully saturated rings. The molecular weight excluding hydrogens is 259 g/mol. The van der Waals surface area contributed by atoms with Crippen molar-refractivity contribution >= 4 is 28.6 Å². The van der Waals surface area contributed by atoms with E-state index in [2.05, 4.69) is 9.72 Å². The summed E-state index contributed by atoms with van der Waals surface area (Å²) in [6.45, 7) is 0.370. The fraction of sp³-hybridized carbons (Fsp3) is 0.333. The maximum absolute atomic E-state index is 13.2. The SMILES string of the molecule is COC(=O)CCn1c(CCl)nc2ccc(F)cc21. The van der Waals surface area contributed by atoms with Gasteiger partial charge in [-0.05, 0) is 18.2 Å². The zero-order chi connectivity index (χ0) is 13.1. The number of alkyl halides is 1. The first-order chi connectivity index (χ1) is 8.65. The van der Waals surface area contributed by atoms with Crippen LogP contribution < -0.4 is 0 Å². The van der Waals surface area contributed by atoms with Crippen LogP contribution in [0.15, 0.2) is 18.2 Å². The number of carbonyl (C=O) groups excluding carboxylic acids is 1. The molecule has 0 unspecified atom stereocenters. The largest absolute Gasteiger partial charge is 0.469 e. The summed E-state index contributed by atoms with van der Waals surface area (Å²) in [6.07, 6.45) is 0.197. The Morgan fingerprint density at radius 2 is 2.33 bits per heavy atom.